The first kappa shape index (κ1) is 15.3. The van der Waals surface area contributed by atoms with Crippen molar-refractivity contribution in [3.63, 3.8) is 0 Å². The van der Waals surface area contributed by atoms with Crippen LogP contribution in [0.25, 0.3) is 11.3 Å². The molecule has 0 saturated heterocycles. The van der Waals surface area contributed by atoms with E-state index in [2.05, 4.69) is 0 Å². The lowest BCUT2D eigenvalue weighted by Gasteiger charge is -2.19. The van der Waals surface area contributed by atoms with Gasteiger partial charge in [0.25, 0.3) is 0 Å². The third kappa shape index (κ3) is 3.73. The quantitative estimate of drug-likeness (QED) is 0.484. The van der Waals surface area contributed by atoms with Gasteiger partial charge in [-0.05, 0) is 45.0 Å². The molecule has 0 aliphatic heterocycles. The SMILES string of the molecule is CC(C)(C)OC(=O)c1cccc(-c2c(Cl)ccc[n+]2[O-])c1. The first-order valence-electron chi connectivity index (χ1n) is 6.49. The standard InChI is InChI=1S/C16H16ClNO3/c1-16(2,3)21-15(19)12-7-4-6-11(10-12)14-13(17)8-5-9-18(14)20/h4-10H,1-3H3. The van der Waals surface area contributed by atoms with Gasteiger partial charge in [0.1, 0.15) is 10.6 Å². The summed E-state index contributed by atoms with van der Waals surface area (Å²) in [5.74, 6) is -0.436. The summed E-state index contributed by atoms with van der Waals surface area (Å²) in [4.78, 5) is 12.1. The molecule has 4 nitrogen and oxygen atoms in total. The number of rotatable bonds is 2. The van der Waals surface area contributed by atoms with Gasteiger partial charge in [-0.1, -0.05) is 17.7 Å². The molecule has 0 fully saturated rings. The largest absolute Gasteiger partial charge is 0.618 e. The van der Waals surface area contributed by atoms with Crippen LogP contribution < -0.4 is 4.73 Å². The van der Waals surface area contributed by atoms with E-state index in [0.29, 0.717) is 26.6 Å². The number of nitrogens with zero attached hydrogens (tertiary/aromatic N) is 1. The summed E-state index contributed by atoms with van der Waals surface area (Å²) in [6.45, 7) is 5.40. The molecule has 0 radical (unpaired) electrons. The molecule has 1 heterocycles. The summed E-state index contributed by atoms with van der Waals surface area (Å²) < 4.78 is 6.00. The fraction of sp³-hybridized carbons (Fsp3) is 0.250. The van der Waals surface area contributed by atoms with E-state index in [1.807, 2.05) is 0 Å². The van der Waals surface area contributed by atoms with Gasteiger partial charge < -0.3 is 9.94 Å². The van der Waals surface area contributed by atoms with E-state index in [9.17, 15) is 10.0 Å². The number of hydrogen-bond donors (Lipinski definition) is 0. The average Bonchev–Trinajstić information content (AvgIpc) is 2.37. The van der Waals surface area contributed by atoms with E-state index >= 15 is 0 Å². The highest BCUT2D eigenvalue weighted by atomic mass is 35.5. The van der Waals surface area contributed by atoms with Crippen molar-refractivity contribution < 1.29 is 14.3 Å². The minimum absolute atomic E-state index is 0.310. The van der Waals surface area contributed by atoms with Crippen LogP contribution in [-0.2, 0) is 4.74 Å². The molecule has 0 N–H and O–H groups in total. The van der Waals surface area contributed by atoms with Crippen LogP contribution in [0.15, 0.2) is 42.6 Å². The molecule has 1 aromatic carbocycles. The Morgan fingerprint density at radius 3 is 2.57 bits per heavy atom. The number of ether oxygens (including phenoxy) is 1. The lowest BCUT2D eigenvalue weighted by Crippen LogP contribution is -2.28. The molecule has 2 aromatic rings. The van der Waals surface area contributed by atoms with Gasteiger partial charge in [-0.3, -0.25) is 0 Å². The third-order valence-electron chi connectivity index (χ3n) is 2.68. The number of aromatic nitrogens is 1. The molecule has 0 unspecified atom stereocenters. The Morgan fingerprint density at radius 2 is 1.95 bits per heavy atom. The van der Waals surface area contributed by atoms with E-state index in [1.54, 1.807) is 57.2 Å². The van der Waals surface area contributed by atoms with Gasteiger partial charge in [-0.25, -0.2) is 4.79 Å². The molecular weight excluding hydrogens is 290 g/mol. The van der Waals surface area contributed by atoms with Crippen LogP contribution in [0.3, 0.4) is 0 Å². The molecule has 5 heteroatoms. The highest BCUT2D eigenvalue weighted by Gasteiger charge is 2.20. The first-order chi connectivity index (χ1) is 9.78. The van der Waals surface area contributed by atoms with E-state index < -0.39 is 11.6 Å². The van der Waals surface area contributed by atoms with Crippen molar-refractivity contribution in [2.45, 2.75) is 26.4 Å². The topological polar surface area (TPSA) is 53.2 Å². The van der Waals surface area contributed by atoms with Gasteiger partial charge in [-0.2, -0.15) is 4.73 Å². The molecule has 0 atom stereocenters. The highest BCUT2D eigenvalue weighted by molar-refractivity contribution is 6.32. The Bertz CT molecular complexity index is 657. The fourth-order valence-corrected chi connectivity index (χ4v) is 2.13. The van der Waals surface area contributed by atoms with Gasteiger partial charge in [0.2, 0.25) is 5.69 Å². The zero-order chi connectivity index (χ0) is 15.6. The number of hydrogen-bond acceptors (Lipinski definition) is 3. The lowest BCUT2D eigenvalue weighted by atomic mass is 10.1. The third-order valence-corrected chi connectivity index (χ3v) is 2.99. The normalized spacial score (nSPS) is 11.2. The molecule has 0 aliphatic carbocycles. The maximum atomic E-state index is 12.1. The Kier molecular flexibility index (Phi) is 4.19. The number of halogens is 1. The second-order valence-corrected chi connectivity index (χ2v) is 6.02. The number of carbonyl (C=O) groups excluding carboxylic acids is 1. The molecule has 0 aliphatic rings. The highest BCUT2D eigenvalue weighted by Crippen LogP contribution is 2.25. The van der Waals surface area contributed by atoms with Crippen molar-refractivity contribution in [3.05, 3.63) is 58.4 Å². The number of pyridine rings is 1. The lowest BCUT2D eigenvalue weighted by molar-refractivity contribution is -0.593. The van der Waals surface area contributed by atoms with Crippen LogP contribution in [0.2, 0.25) is 5.02 Å². The Hall–Kier alpha value is -2.07. The molecule has 0 saturated carbocycles. The second kappa shape index (κ2) is 5.74. The second-order valence-electron chi connectivity index (χ2n) is 5.61. The zero-order valence-corrected chi connectivity index (χ0v) is 12.8. The maximum Gasteiger partial charge on any atom is 0.338 e. The van der Waals surface area contributed by atoms with Gasteiger partial charge in [-0.15, -0.1) is 0 Å². The monoisotopic (exact) mass is 305 g/mol. The minimum atomic E-state index is -0.573. The van der Waals surface area contributed by atoms with Gasteiger partial charge in [0.05, 0.1) is 5.56 Å². The number of carbonyl (C=O) groups is 1. The molecule has 0 bridgehead atoms. The number of esters is 1. The Labute approximate surface area is 128 Å². The van der Waals surface area contributed by atoms with Crippen LogP contribution in [0.1, 0.15) is 31.1 Å². The molecule has 0 spiro atoms. The predicted octanol–water partition coefficient (Wildman–Crippen LogP) is 3.60. The first-order valence-corrected chi connectivity index (χ1v) is 6.87. The van der Waals surface area contributed by atoms with Crippen molar-refractivity contribution >= 4 is 17.6 Å². The molecular formula is C16H16ClNO3. The summed E-state index contributed by atoms with van der Waals surface area (Å²) in [5.41, 5.74) is 0.682. The predicted molar refractivity (Wildman–Crippen MR) is 81.0 cm³/mol. The maximum absolute atomic E-state index is 12.1. The van der Waals surface area contributed by atoms with Crippen LogP contribution in [0, 0.1) is 5.21 Å². The van der Waals surface area contributed by atoms with Crippen molar-refractivity contribution in [2.24, 2.45) is 0 Å². The van der Waals surface area contributed by atoms with Crippen LogP contribution in [0.4, 0.5) is 0 Å². The molecule has 1 aromatic heterocycles. The molecule has 21 heavy (non-hydrogen) atoms. The molecule has 0 amide bonds. The van der Waals surface area contributed by atoms with Crippen molar-refractivity contribution in [1.82, 2.24) is 0 Å². The summed E-state index contributed by atoms with van der Waals surface area (Å²) in [5, 5.41) is 12.2. The fourth-order valence-electron chi connectivity index (χ4n) is 1.86. The van der Waals surface area contributed by atoms with E-state index in [4.69, 9.17) is 16.3 Å². The average molecular weight is 306 g/mol. The van der Waals surface area contributed by atoms with Crippen LogP contribution >= 0.6 is 11.6 Å². The van der Waals surface area contributed by atoms with E-state index in [1.165, 1.54) is 6.20 Å². The smallest absolute Gasteiger partial charge is 0.338 e. The summed E-state index contributed by atoms with van der Waals surface area (Å²) in [6, 6.07) is 9.86. The van der Waals surface area contributed by atoms with Crippen LogP contribution in [-0.4, -0.2) is 11.6 Å². The Balaban J connectivity index is 2.41. The minimum Gasteiger partial charge on any atom is -0.618 e. The summed E-state index contributed by atoms with van der Waals surface area (Å²) in [6.07, 6.45) is 1.36. The van der Waals surface area contributed by atoms with Crippen molar-refractivity contribution in [1.29, 1.82) is 0 Å². The van der Waals surface area contributed by atoms with Gasteiger partial charge in [0, 0.05) is 11.6 Å². The van der Waals surface area contributed by atoms with E-state index in [-0.39, 0.29) is 0 Å². The van der Waals surface area contributed by atoms with E-state index in [0.717, 1.165) is 0 Å². The van der Waals surface area contributed by atoms with Gasteiger partial charge >= 0.3 is 5.97 Å². The molecule has 2 rings (SSSR count). The summed E-state index contributed by atoms with van der Waals surface area (Å²) >= 11 is 6.07. The summed E-state index contributed by atoms with van der Waals surface area (Å²) in [7, 11) is 0. The zero-order valence-electron chi connectivity index (χ0n) is 12.1. The van der Waals surface area contributed by atoms with Crippen LogP contribution in [0.5, 0.6) is 0 Å². The van der Waals surface area contributed by atoms with Gasteiger partial charge in [0.15, 0.2) is 6.20 Å². The van der Waals surface area contributed by atoms with Crippen molar-refractivity contribution in [3.8, 4) is 11.3 Å². The number of benzene rings is 1. The Morgan fingerprint density at radius 1 is 1.24 bits per heavy atom. The molecule has 110 valence electrons. The van der Waals surface area contributed by atoms with Crippen molar-refractivity contribution in [2.75, 3.05) is 0 Å².